The molecule has 0 amide bonds. The van der Waals surface area contributed by atoms with Crippen LogP contribution in [0.5, 0.6) is 0 Å². The molecule has 0 saturated carbocycles. The number of hydrogen-bond acceptors (Lipinski definition) is 3. The van der Waals surface area contributed by atoms with Crippen molar-refractivity contribution in [3.8, 4) is 0 Å². The van der Waals surface area contributed by atoms with Gasteiger partial charge in [-0.15, -0.1) is 0 Å². The van der Waals surface area contributed by atoms with Crippen molar-refractivity contribution in [3.63, 3.8) is 0 Å². The van der Waals surface area contributed by atoms with Crippen molar-refractivity contribution in [3.05, 3.63) is 30.0 Å². The topological polar surface area (TPSA) is 29.9 Å². The van der Waals surface area contributed by atoms with Gasteiger partial charge in [-0.3, -0.25) is 4.68 Å². The van der Waals surface area contributed by atoms with Gasteiger partial charge in [0.05, 0.1) is 11.2 Å². The van der Waals surface area contributed by atoms with E-state index in [4.69, 9.17) is 0 Å². The molecular weight excluding hydrogens is 254 g/mol. The minimum atomic E-state index is 0.865. The Kier molecular flexibility index (Phi) is 5.73. The van der Waals surface area contributed by atoms with Gasteiger partial charge in [0.15, 0.2) is 0 Å². The summed E-state index contributed by atoms with van der Waals surface area (Å²) in [4.78, 5) is 0. The number of unbranched alkanes of at least 4 members (excludes halogenated alkanes) is 2. The molecule has 1 heterocycles. The van der Waals surface area contributed by atoms with E-state index < -0.39 is 0 Å². The molecule has 0 radical (unpaired) electrons. The zero-order chi connectivity index (χ0) is 13.5. The lowest BCUT2D eigenvalue weighted by Crippen LogP contribution is -2.15. The second-order valence-corrected chi connectivity index (χ2v) is 5.80. The van der Waals surface area contributed by atoms with Crippen LogP contribution in [0, 0.1) is 0 Å². The van der Waals surface area contributed by atoms with Crippen LogP contribution in [0.1, 0.15) is 25.0 Å². The number of thioether (sulfide) groups is 1. The van der Waals surface area contributed by atoms with Crippen LogP contribution < -0.4 is 5.32 Å². The predicted molar refractivity (Wildman–Crippen MR) is 84.7 cm³/mol. The molecule has 0 aliphatic rings. The van der Waals surface area contributed by atoms with E-state index in [-0.39, 0.29) is 0 Å². The van der Waals surface area contributed by atoms with Crippen LogP contribution in [0.15, 0.2) is 24.3 Å². The fraction of sp³-hybridized carbons (Fsp3) is 0.533. The molecule has 0 aliphatic heterocycles. The lowest BCUT2D eigenvalue weighted by Gasteiger charge is -2.03. The van der Waals surface area contributed by atoms with Crippen molar-refractivity contribution >= 4 is 22.7 Å². The number of fused-ring (bicyclic) bond motifs is 1. The number of rotatable bonds is 8. The molecule has 3 nitrogen and oxygen atoms in total. The Bertz CT molecular complexity index is 507. The number of para-hydroxylation sites is 1. The monoisotopic (exact) mass is 277 g/mol. The molecule has 104 valence electrons. The highest BCUT2D eigenvalue weighted by Gasteiger charge is 2.06. The third-order valence-electron chi connectivity index (χ3n) is 3.33. The normalized spacial score (nSPS) is 11.3. The summed E-state index contributed by atoms with van der Waals surface area (Å²) in [7, 11) is 2.01. The summed E-state index contributed by atoms with van der Waals surface area (Å²) in [5, 5.41) is 9.35. The summed E-state index contributed by atoms with van der Waals surface area (Å²) in [5.74, 6) is 1.28. The van der Waals surface area contributed by atoms with Crippen molar-refractivity contribution in [1.82, 2.24) is 15.1 Å². The second-order valence-electron chi connectivity index (χ2n) is 4.82. The van der Waals surface area contributed by atoms with Gasteiger partial charge in [0, 0.05) is 19.0 Å². The Hall–Kier alpha value is -1.00. The molecular formula is C15H23N3S. The third-order valence-corrected chi connectivity index (χ3v) is 4.03. The first-order valence-corrected chi connectivity index (χ1v) is 8.32. The molecule has 0 atom stereocenters. The van der Waals surface area contributed by atoms with Crippen LogP contribution in [-0.2, 0) is 13.6 Å². The standard InChI is InChI=1S/C15H23N3S/c1-18-15-9-5-4-8-13(15)14(17-18)12-16-10-6-3-7-11-19-2/h4-5,8-9,16H,3,6-7,10-12H2,1-2H3. The summed E-state index contributed by atoms with van der Waals surface area (Å²) < 4.78 is 1.96. The minimum Gasteiger partial charge on any atom is -0.311 e. The summed E-state index contributed by atoms with van der Waals surface area (Å²) in [6.07, 6.45) is 6.07. The van der Waals surface area contributed by atoms with E-state index in [1.807, 2.05) is 23.5 Å². The fourth-order valence-corrected chi connectivity index (χ4v) is 2.79. The van der Waals surface area contributed by atoms with Gasteiger partial charge in [-0.1, -0.05) is 24.6 Å². The van der Waals surface area contributed by atoms with Crippen LogP contribution in [0.25, 0.3) is 10.9 Å². The lowest BCUT2D eigenvalue weighted by atomic mass is 10.2. The second kappa shape index (κ2) is 7.56. The molecule has 1 aromatic carbocycles. The molecule has 4 heteroatoms. The Labute approximate surface area is 119 Å². The zero-order valence-corrected chi connectivity index (χ0v) is 12.7. The summed E-state index contributed by atoms with van der Waals surface area (Å²) in [6, 6.07) is 8.41. The van der Waals surface area contributed by atoms with Crippen molar-refractivity contribution < 1.29 is 0 Å². The maximum Gasteiger partial charge on any atom is 0.0841 e. The van der Waals surface area contributed by atoms with Gasteiger partial charge in [0.2, 0.25) is 0 Å². The van der Waals surface area contributed by atoms with E-state index in [0.717, 1.165) is 18.8 Å². The minimum absolute atomic E-state index is 0.865. The highest BCUT2D eigenvalue weighted by Crippen LogP contribution is 2.16. The number of nitrogens with one attached hydrogen (secondary N) is 1. The van der Waals surface area contributed by atoms with Gasteiger partial charge in [-0.05, 0) is 37.5 Å². The van der Waals surface area contributed by atoms with Crippen LogP contribution >= 0.6 is 11.8 Å². The fourth-order valence-electron chi connectivity index (χ4n) is 2.30. The molecule has 0 fully saturated rings. The lowest BCUT2D eigenvalue weighted by molar-refractivity contribution is 0.607. The summed E-state index contributed by atoms with van der Waals surface area (Å²) in [5.41, 5.74) is 2.36. The smallest absolute Gasteiger partial charge is 0.0841 e. The Balaban J connectivity index is 1.79. The van der Waals surface area contributed by atoms with Gasteiger partial charge in [-0.2, -0.15) is 16.9 Å². The average molecular weight is 277 g/mol. The number of hydrogen-bond donors (Lipinski definition) is 1. The van der Waals surface area contributed by atoms with Crippen LogP contribution in [0.4, 0.5) is 0 Å². The third kappa shape index (κ3) is 3.98. The van der Waals surface area contributed by atoms with Gasteiger partial charge in [0.25, 0.3) is 0 Å². The SMILES string of the molecule is CSCCCCCNCc1nn(C)c2ccccc12. The largest absolute Gasteiger partial charge is 0.311 e. The van der Waals surface area contributed by atoms with Gasteiger partial charge < -0.3 is 5.32 Å². The number of nitrogens with zero attached hydrogens (tertiary/aromatic N) is 2. The van der Waals surface area contributed by atoms with E-state index >= 15 is 0 Å². The van der Waals surface area contributed by atoms with E-state index in [9.17, 15) is 0 Å². The van der Waals surface area contributed by atoms with E-state index in [0.29, 0.717) is 0 Å². The number of benzene rings is 1. The van der Waals surface area contributed by atoms with Crippen molar-refractivity contribution in [2.45, 2.75) is 25.8 Å². The average Bonchev–Trinajstić information content (AvgIpc) is 2.75. The number of aromatic nitrogens is 2. The maximum atomic E-state index is 4.59. The van der Waals surface area contributed by atoms with E-state index in [2.05, 4.69) is 40.9 Å². The molecule has 1 N–H and O–H groups in total. The van der Waals surface area contributed by atoms with Crippen LogP contribution in [-0.4, -0.2) is 28.3 Å². The van der Waals surface area contributed by atoms with Gasteiger partial charge in [0.1, 0.15) is 0 Å². The zero-order valence-electron chi connectivity index (χ0n) is 11.9. The summed E-state index contributed by atoms with van der Waals surface area (Å²) >= 11 is 1.93. The molecule has 0 aliphatic carbocycles. The van der Waals surface area contributed by atoms with Crippen molar-refractivity contribution in [1.29, 1.82) is 0 Å². The van der Waals surface area contributed by atoms with Crippen LogP contribution in [0.3, 0.4) is 0 Å². The first kappa shape index (κ1) is 14.4. The first-order valence-electron chi connectivity index (χ1n) is 6.93. The molecule has 0 bridgehead atoms. The Morgan fingerprint density at radius 1 is 1.21 bits per heavy atom. The highest BCUT2D eigenvalue weighted by atomic mass is 32.2. The molecule has 0 spiro atoms. The Morgan fingerprint density at radius 2 is 2.05 bits per heavy atom. The Morgan fingerprint density at radius 3 is 2.89 bits per heavy atom. The quantitative estimate of drug-likeness (QED) is 0.752. The van der Waals surface area contributed by atoms with Gasteiger partial charge >= 0.3 is 0 Å². The first-order chi connectivity index (χ1) is 9.33. The molecule has 2 rings (SSSR count). The van der Waals surface area contributed by atoms with Crippen molar-refractivity contribution in [2.24, 2.45) is 7.05 Å². The van der Waals surface area contributed by atoms with Crippen molar-refractivity contribution in [2.75, 3.05) is 18.6 Å². The molecule has 0 unspecified atom stereocenters. The highest BCUT2D eigenvalue weighted by molar-refractivity contribution is 7.98. The van der Waals surface area contributed by atoms with Gasteiger partial charge in [-0.25, -0.2) is 0 Å². The molecule has 0 saturated heterocycles. The summed E-state index contributed by atoms with van der Waals surface area (Å²) in [6.45, 7) is 1.95. The predicted octanol–water partition coefficient (Wildman–Crippen LogP) is 3.20. The maximum absolute atomic E-state index is 4.59. The molecule has 1 aromatic heterocycles. The van der Waals surface area contributed by atoms with E-state index in [1.54, 1.807) is 0 Å². The number of aryl methyl sites for hydroxylation is 1. The molecule has 19 heavy (non-hydrogen) atoms. The van der Waals surface area contributed by atoms with Crippen LogP contribution in [0.2, 0.25) is 0 Å². The van der Waals surface area contributed by atoms with E-state index in [1.165, 1.54) is 35.9 Å². The molecule has 2 aromatic rings.